The first-order chi connectivity index (χ1) is 31.7. The van der Waals surface area contributed by atoms with Crippen molar-refractivity contribution in [3.63, 3.8) is 0 Å². The van der Waals surface area contributed by atoms with Crippen LogP contribution in [-0.2, 0) is 0 Å². The summed E-state index contributed by atoms with van der Waals surface area (Å²) in [5.41, 5.74) is 16.5. The summed E-state index contributed by atoms with van der Waals surface area (Å²) < 4.78 is 7.17. The van der Waals surface area contributed by atoms with Gasteiger partial charge in [0, 0.05) is 32.9 Å². The van der Waals surface area contributed by atoms with Gasteiger partial charge in [0.1, 0.15) is 11.2 Å². The minimum atomic E-state index is 0.851. The van der Waals surface area contributed by atoms with E-state index < -0.39 is 0 Å². The van der Waals surface area contributed by atoms with E-state index in [1.807, 2.05) is 0 Å². The van der Waals surface area contributed by atoms with E-state index >= 15 is 0 Å². The van der Waals surface area contributed by atoms with Crippen molar-refractivity contribution in [1.82, 2.24) is 0 Å². The first kappa shape index (κ1) is 37.3. The lowest BCUT2D eigenvalue weighted by Gasteiger charge is -2.27. The Morgan fingerprint density at radius 3 is 1.36 bits per heavy atom. The highest BCUT2D eigenvalue weighted by molar-refractivity contribution is 6.23. The lowest BCUT2D eigenvalue weighted by Crippen LogP contribution is -2.10. The predicted molar refractivity (Wildman–Crippen MR) is 271 cm³/mol. The van der Waals surface area contributed by atoms with E-state index in [1.165, 1.54) is 33.0 Å². The number of benzene rings is 11. The molecule has 0 saturated heterocycles. The Labute approximate surface area is 372 Å². The molecule has 64 heavy (non-hydrogen) atoms. The third-order valence-electron chi connectivity index (χ3n) is 12.6. The summed E-state index contributed by atoms with van der Waals surface area (Å²) in [6, 6.07) is 89.7. The SMILES string of the molecule is c1ccc(-c2ccc(N(c3ccc4ccccc4c3)c3cc4c(oc5cc(-c6ccccc6)cc(-c6cc(-c7ccccc7)cc(-c7ccccc7)c6)c54)c4ccccc34)cc2)cc1. The lowest BCUT2D eigenvalue weighted by atomic mass is 9.89. The topological polar surface area (TPSA) is 16.4 Å². The second-order valence-electron chi connectivity index (χ2n) is 16.5. The molecule has 11 aromatic carbocycles. The molecule has 0 fully saturated rings. The molecule has 0 aliphatic rings. The summed E-state index contributed by atoms with van der Waals surface area (Å²) in [6.07, 6.45) is 0. The molecule has 0 aliphatic carbocycles. The molecule has 0 N–H and O–H groups in total. The second kappa shape index (κ2) is 15.8. The number of nitrogens with zero attached hydrogens (tertiary/aromatic N) is 1. The number of hydrogen-bond donors (Lipinski definition) is 0. The number of rotatable bonds is 8. The Balaban J connectivity index is 1.16. The number of furan rings is 1. The van der Waals surface area contributed by atoms with Gasteiger partial charge in [0.15, 0.2) is 0 Å². The Morgan fingerprint density at radius 2 is 0.750 bits per heavy atom. The molecule has 0 saturated carbocycles. The molecule has 0 spiro atoms. The summed E-state index contributed by atoms with van der Waals surface area (Å²) in [5.74, 6) is 0. The van der Waals surface area contributed by atoms with Crippen LogP contribution < -0.4 is 4.90 Å². The molecule has 0 radical (unpaired) electrons. The molecule has 2 heteroatoms. The lowest BCUT2D eigenvalue weighted by molar-refractivity contribution is 0.673. The van der Waals surface area contributed by atoms with Crippen LogP contribution in [0.5, 0.6) is 0 Å². The van der Waals surface area contributed by atoms with E-state index in [1.54, 1.807) is 0 Å². The van der Waals surface area contributed by atoms with Crippen molar-refractivity contribution in [2.45, 2.75) is 0 Å². The molecule has 0 bridgehead atoms. The van der Waals surface area contributed by atoms with Crippen LogP contribution in [0.3, 0.4) is 0 Å². The quantitative estimate of drug-likeness (QED) is 0.152. The van der Waals surface area contributed by atoms with Gasteiger partial charge >= 0.3 is 0 Å². The molecular weight excluding hydrogens is 775 g/mol. The number of anilines is 3. The normalized spacial score (nSPS) is 11.4. The van der Waals surface area contributed by atoms with Crippen LogP contribution >= 0.6 is 0 Å². The third kappa shape index (κ3) is 6.70. The maximum absolute atomic E-state index is 7.17. The molecular formula is C62H41NO. The van der Waals surface area contributed by atoms with Gasteiger partial charge in [-0.2, -0.15) is 0 Å². The van der Waals surface area contributed by atoms with Crippen LogP contribution in [0.2, 0.25) is 0 Å². The molecule has 1 aromatic heterocycles. The van der Waals surface area contributed by atoms with E-state index in [2.05, 4.69) is 254 Å². The summed E-state index contributed by atoms with van der Waals surface area (Å²) in [7, 11) is 0. The Morgan fingerprint density at radius 1 is 0.281 bits per heavy atom. The third-order valence-corrected chi connectivity index (χ3v) is 12.6. The maximum atomic E-state index is 7.17. The van der Waals surface area contributed by atoms with Gasteiger partial charge in [0.05, 0.1) is 5.69 Å². The van der Waals surface area contributed by atoms with Crippen molar-refractivity contribution < 1.29 is 4.42 Å². The second-order valence-corrected chi connectivity index (χ2v) is 16.5. The zero-order chi connectivity index (χ0) is 42.4. The van der Waals surface area contributed by atoms with Gasteiger partial charge in [0.2, 0.25) is 0 Å². The average molecular weight is 816 g/mol. The van der Waals surface area contributed by atoms with Crippen molar-refractivity contribution >= 4 is 60.5 Å². The van der Waals surface area contributed by atoms with Crippen LogP contribution in [0.1, 0.15) is 0 Å². The van der Waals surface area contributed by atoms with Crippen molar-refractivity contribution in [3.8, 4) is 55.6 Å². The van der Waals surface area contributed by atoms with Crippen molar-refractivity contribution in [3.05, 3.63) is 249 Å². The van der Waals surface area contributed by atoms with Crippen molar-refractivity contribution in [2.75, 3.05) is 4.90 Å². The zero-order valence-corrected chi connectivity index (χ0v) is 35.0. The fraction of sp³-hybridized carbons (Fsp3) is 0. The smallest absolute Gasteiger partial charge is 0.143 e. The van der Waals surface area contributed by atoms with Gasteiger partial charge in [-0.15, -0.1) is 0 Å². The Hall–Kier alpha value is -8.46. The maximum Gasteiger partial charge on any atom is 0.143 e. The van der Waals surface area contributed by atoms with Crippen LogP contribution in [0.25, 0.3) is 99.1 Å². The van der Waals surface area contributed by atoms with Gasteiger partial charge in [-0.25, -0.2) is 0 Å². The standard InChI is InChI=1S/C62H41NO/c1-5-17-42(18-6-1)47-29-32-53(33-30-47)63(54-34-31-46-25-13-14-26-48(46)38-54)59-41-58-61-57(52-36-49(43-19-7-2-8-20-43)35-50(37-52)44-21-9-3-10-22-44)39-51(45-23-11-4-12-24-45)40-60(61)64-62(58)56-28-16-15-27-55(56)59/h1-41H. The molecule has 0 aliphatic heterocycles. The zero-order valence-electron chi connectivity index (χ0n) is 35.0. The molecule has 12 rings (SSSR count). The molecule has 12 aromatic rings. The fourth-order valence-corrected chi connectivity index (χ4v) is 9.47. The fourth-order valence-electron chi connectivity index (χ4n) is 9.47. The summed E-state index contributed by atoms with van der Waals surface area (Å²) in [4.78, 5) is 2.42. The Kier molecular flexibility index (Phi) is 9.20. The average Bonchev–Trinajstić information content (AvgIpc) is 3.76. The molecule has 1 heterocycles. The summed E-state index contributed by atoms with van der Waals surface area (Å²) >= 11 is 0. The van der Waals surface area contributed by atoms with Crippen LogP contribution in [-0.4, -0.2) is 0 Å². The van der Waals surface area contributed by atoms with E-state index in [9.17, 15) is 0 Å². The largest absolute Gasteiger partial charge is 0.455 e. The van der Waals surface area contributed by atoms with Crippen LogP contribution in [0.15, 0.2) is 253 Å². The highest BCUT2D eigenvalue weighted by atomic mass is 16.3. The summed E-state index contributed by atoms with van der Waals surface area (Å²) in [6.45, 7) is 0. The van der Waals surface area contributed by atoms with Gasteiger partial charge < -0.3 is 9.32 Å². The van der Waals surface area contributed by atoms with Gasteiger partial charge in [0.25, 0.3) is 0 Å². The highest BCUT2D eigenvalue weighted by Crippen LogP contribution is 2.48. The molecule has 2 nitrogen and oxygen atoms in total. The van der Waals surface area contributed by atoms with Crippen LogP contribution in [0, 0.1) is 0 Å². The van der Waals surface area contributed by atoms with Crippen LogP contribution in [0.4, 0.5) is 17.1 Å². The minimum absolute atomic E-state index is 0.851. The molecule has 300 valence electrons. The number of fused-ring (bicyclic) bond motifs is 6. The highest BCUT2D eigenvalue weighted by Gasteiger charge is 2.23. The van der Waals surface area contributed by atoms with Crippen molar-refractivity contribution in [2.24, 2.45) is 0 Å². The van der Waals surface area contributed by atoms with Gasteiger partial charge in [-0.05, 0) is 127 Å². The monoisotopic (exact) mass is 815 g/mol. The van der Waals surface area contributed by atoms with E-state index in [0.29, 0.717) is 0 Å². The molecule has 0 amide bonds. The predicted octanol–water partition coefficient (Wildman–Crippen LogP) is 17.7. The first-order valence-corrected chi connectivity index (χ1v) is 21.9. The van der Waals surface area contributed by atoms with E-state index in [0.717, 1.165) is 83.2 Å². The van der Waals surface area contributed by atoms with Crippen molar-refractivity contribution in [1.29, 1.82) is 0 Å². The molecule has 0 unspecified atom stereocenters. The van der Waals surface area contributed by atoms with Gasteiger partial charge in [-0.1, -0.05) is 188 Å². The Bertz CT molecular complexity index is 3570. The van der Waals surface area contributed by atoms with E-state index in [4.69, 9.17) is 4.42 Å². The minimum Gasteiger partial charge on any atom is -0.455 e. The van der Waals surface area contributed by atoms with Gasteiger partial charge in [-0.3, -0.25) is 0 Å². The molecule has 0 atom stereocenters. The van der Waals surface area contributed by atoms with E-state index in [-0.39, 0.29) is 0 Å². The number of hydrogen-bond acceptors (Lipinski definition) is 2. The first-order valence-electron chi connectivity index (χ1n) is 21.9. The summed E-state index contributed by atoms with van der Waals surface area (Å²) in [5, 5.41) is 6.72.